The fourth-order valence-corrected chi connectivity index (χ4v) is 1.92. The van der Waals surface area contributed by atoms with Crippen LogP contribution in [-0.2, 0) is 13.0 Å². The quantitative estimate of drug-likeness (QED) is 0.822. The summed E-state index contributed by atoms with van der Waals surface area (Å²) in [7, 11) is 0. The lowest BCUT2D eigenvalue weighted by atomic mass is 10.1. The van der Waals surface area contributed by atoms with Crippen LogP contribution in [0.3, 0.4) is 0 Å². The van der Waals surface area contributed by atoms with Gasteiger partial charge in [-0.1, -0.05) is 12.1 Å². The normalized spacial score (nSPS) is 10.8. The number of rotatable bonds is 3. The molecule has 17 heavy (non-hydrogen) atoms. The number of nitrogens with two attached hydrogens (primary N) is 1. The lowest BCUT2D eigenvalue weighted by molar-refractivity contribution is 0.594. The Bertz CT molecular complexity index is 509. The standard InChI is InChI=1S/C14H19N3/c1-10-11(2)16-17(12(10)3)9-8-13-4-6-14(15)7-5-13/h4-7H,8-9,15H2,1-3H3. The molecule has 0 spiro atoms. The van der Waals surface area contributed by atoms with Gasteiger partial charge in [0, 0.05) is 17.9 Å². The molecule has 0 unspecified atom stereocenters. The van der Waals surface area contributed by atoms with E-state index in [1.54, 1.807) is 0 Å². The van der Waals surface area contributed by atoms with Crippen LogP contribution >= 0.6 is 0 Å². The Labute approximate surface area is 102 Å². The second-order valence-corrected chi connectivity index (χ2v) is 4.51. The van der Waals surface area contributed by atoms with Gasteiger partial charge >= 0.3 is 0 Å². The summed E-state index contributed by atoms with van der Waals surface area (Å²) in [5.41, 5.74) is 11.5. The van der Waals surface area contributed by atoms with E-state index in [9.17, 15) is 0 Å². The van der Waals surface area contributed by atoms with E-state index in [2.05, 4.69) is 42.7 Å². The average molecular weight is 229 g/mol. The van der Waals surface area contributed by atoms with Crippen LogP contribution in [0.25, 0.3) is 0 Å². The number of hydrogen-bond donors (Lipinski definition) is 1. The van der Waals surface area contributed by atoms with E-state index in [1.807, 2.05) is 12.1 Å². The van der Waals surface area contributed by atoms with Crippen LogP contribution < -0.4 is 5.73 Å². The van der Waals surface area contributed by atoms with Gasteiger partial charge in [0.25, 0.3) is 0 Å². The average Bonchev–Trinajstić information content (AvgIpc) is 2.56. The molecular weight excluding hydrogens is 210 g/mol. The largest absolute Gasteiger partial charge is 0.399 e. The first kappa shape index (κ1) is 11.7. The maximum absolute atomic E-state index is 5.66. The molecule has 0 amide bonds. The van der Waals surface area contributed by atoms with Crippen LogP contribution in [0.5, 0.6) is 0 Å². The first-order valence-corrected chi connectivity index (χ1v) is 5.93. The van der Waals surface area contributed by atoms with Crippen LogP contribution in [0.2, 0.25) is 0 Å². The van der Waals surface area contributed by atoms with Crippen molar-refractivity contribution in [1.29, 1.82) is 0 Å². The van der Waals surface area contributed by atoms with Crippen molar-refractivity contribution in [2.24, 2.45) is 0 Å². The van der Waals surface area contributed by atoms with Gasteiger partial charge in [0.15, 0.2) is 0 Å². The van der Waals surface area contributed by atoms with Crippen LogP contribution in [0.15, 0.2) is 24.3 Å². The molecule has 0 aliphatic heterocycles. The van der Waals surface area contributed by atoms with E-state index in [0.717, 1.165) is 24.3 Å². The molecule has 0 saturated heterocycles. The number of aryl methyl sites for hydroxylation is 3. The van der Waals surface area contributed by atoms with Crippen LogP contribution in [-0.4, -0.2) is 9.78 Å². The minimum absolute atomic E-state index is 0.815. The van der Waals surface area contributed by atoms with Crippen molar-refractivity contribution in [2.75, 3.05) is 5.73 Å². The summed E-state index contributed by atoms with van der Waals surface area (Å²) in [6, 6.07) is 8.05. The number of anilines is 1. The highest BCUT2D eigenvalue weighted by Crippen LogP contribution is 2.12. The van der Waals surface area contributed by atoms with Gasteiger partial charge in [-0.05, 0) is 50.5 Å². The van der Waals surface area contributed by atoms with Gasteiger partial charge in [-0.3, -0.25) is 4.68 Å². The third-order valence-electron chi connectivity index (χ3n) is 3.34. The maximum Gasteiger partial charge on any atom is 0.0625 e. The third kappa shape index (κ3) is 2.49. The summed E-state index contributed by atoms with van der Waals surface area (Å²) in [5, 5.41) is 4.53. The molecular formula is C14H19N3. The van der Waals surface area contributed by atoms with Crippen molar-refractivity contribution in [2.45, 2.75) is 33.7 Å². The zero-order chi connectivity index (χ0) is 12.4. The molecule has 1 aromatic carbocycles. The first-order valence-electron chi connectivity index (χ1n) is 5.93. The molecule has 1 heterocycles. The lowest BCUT2D eigenvalue weighted by Crippen LogP contribution is -2.05. The Morgan fingerprint density at radius 2 is 1.76 bits per heavy atom. The summed E-state index contributed by atoms with van der Waals surface area (Å²) < 4.78 is 2.08. The molecule has 2 N–H and O–H groups in total. The molecule has 0 aliphatic carbocycles. The van der Waals surface area contributed by atoms with E-state index in [-0.39, 0.29) is 0 Å². The summed E-state index contributed by atoms with van der Waals surface area (Å²) in [4.78, 5) is 0. The van der Waals surface area contributed by atoms with Crippen molar-refractivity contribution in [1.82, 2.24) is 9.78 Å². The monoisotopic (exact) mass is 229 g/mol. The van der Waals surface area contributed by atoms with E-state index in [0.29, 0.717) is 0 Å². The van der Waals surface area contributed by atoms with Crippen LogP contribution in [0.4, 0.5) is 5.69 Å². The molecule has 0 atom stereocenters. The van der Waals surface area contributed by atoms with E-state index in [1.165, 1.54) is 16.8 Å². The van der Waals surface area contributed by atoms with Gasteiger partial charge in [-0.2, -0.15) is 5.10 Å². The van der Waals surface area contributed by atoms with Gasteiger partial charge in [0.05, 0.1) is 5.69 Å². The molecule has 0 aliphatic rings. The van der Waals surface area contributed by atoms with Crippen molar-refractivity contribution in [3.8, 4) is 0 Å². The van der Waals surface area contributed by atoms with Gasteiger partial charge in [-0.15, -0.1) is 0 Å². The van der Waals surface area contributed by atoms with Crippen LogP contribution in [0, 0.1) is 20.8 Å². The minimum Gasteiger partial charge on any atom is -0.399 e. The Morgan fingerprint density at radius 3 is 2.29 bits per heavy atom. The molecule has 2 aromatic rings. The zero-order valence-corrected chi connectivity index (χ0v) is 10.7. The number of hydrogen-bond acceptors (Lipinski definition) is 2. The number of benzene rings is 1. The predicted molar refractivity (Wildman–Crippen MR) is 71.0 cm³/mol. The fourth-order valence-electron chi connectivity index (χ4n) is 1.92. The van der Waals surface area contributed by atoms with Crippen molar-refractivity contribution in [3.63, 3.8) is 0 Å². The summed E-state index contributed by atoms with van der Waals surface area (Å²) >= 11 is 0. The number of nitrogen functional groups attached to an aromatic ring is 1. The minimum atomic E-state index is 0.815. The van der Waals surface area contributed by atoms with E-state index >= 15 is 0 Å². The van der Waals surface area contributed by atoms with Gasteiger partial charge < -0.3 is 5.73 Å². The SMILES string of the molecule is Cc1nn(CCc2ccc(N)cc2)c(C)c1C. The molecule has 0 radical (unpaired) electrons. The van der Waals surface area contributed by atoms with Gasteiger partial charge in [0.1, 0.15) is 0 Å². The topological polar surface area (TPSA) is 43.8 Å². The summed E-state index contributed by atoms with van der Waals surface area (Å²) in [6.07, 6.45) is 0.988. The van der Waals surface area contributed by atoms with Crippen molar-refractivity contribution < 1.29 is 0 Å². The second-order valence-electron chi connectivity index (χ2n) is 4.51. The first-order chi connectivity index (χ1) is 8.08. The molecule has 1 aromatic heterocycles. The van der Waals surface area contributed by atoms with Crippen molar-refractivity contribution in [3.05, 3.63) is 46.8 Å². The summed E-state index contributed by atoms with van der Waals surface area (Å²) in [5.74, 6) is 0. The van der Waals surface area contributed by atoms with Crippen LogP contribution in [0.1, 0.15) is 22.5 Å². The van der Waals surface area contributed by atoms with Crippen molar-refractivity contribution >= 4 is 5.69 Å². The molecule has 3 nitrogen and oxygen atoms in total. The van der Waals surface area contributed by atoms with Gasteiger partial charge in [-0.25, -0.2) is 0 Å². The van der Waals surface area contributed by atoms with E-state index < -0.39 is 0 Å². The maximum atomic E-state index is 5.66. The molecule has 90 valence electrons. The fraction of sp³-hybridized carbons (Fsp3) is 0.357. The Hall–Kier alpha value is -1.77. The van der Waals surface area contributed by atoms with E-state index in [4.69, 9.17) is 5.73 Å². The molecule has 0 bridgehead atoms. The Kier molecular flexibility index (Phi) is 3.18. The predicted octanol–water partition coefficient (Wildman–Crippen LogP) is 2.63. The lowest BCUT2D eigenvalue weighted by Gasteiger charge is -2.05. The third-order valence-corrected chi connectivity index (χ3v) is 3.34. The van der Waals surface area contributed by atoms with Gasteiger partial charge in [0.2, 0.25) is 0 Å². The zero-order valence-electron chi connectivity index (χ0n) is 10.7. The Balaban J connectivity index is 2.07. The molecule has 3 heteroatoms. The highest BCUT2D eigenvalue weighted by atomic mass is 15.3. The second kappa shape index (κ2) is 4.62. The molecule has 0 fully saturated rings. The molecule has 0 saturated carbocycles. The number of aromatic nitrogens is 2. The summed E-state index contributed by atoms with van der Waals surface area (Å²) in [6.45, 7) is 7.22. The number of nitrogens with zero attached hydrogens (tertiary/aromatic N) is 2. The molecule has 2 rings (SSSR count). The smallest absolute Gasteiger partial charge is 0.0625 e. The highest BCUT2D eigenvalue weighted by Gasteiger charge is 2.06. The highest BCUT2D eigenvalue weighted by molar-refractivity contribution is 5.39. The Morgan fingerprint density at radius 1 is 1.12 bits per heavy atom.